The van der Waals surface area contributed by atoms with E-state index in [1.165, 1.54) is 10.8 Å². The van der Waals surface area contributed by atoms with Crippen molar-refractivity contribution in [3.8, 4) is 11.1 Å². The molecule has 0 bridgehead atoms. The molecule has 9 aromatic rings. The van der Waals surface area contributed by atoms with Crippen LogP contribution in [0.15, 0.2) is 160 Å². The number of hydrogen-bond acceptors (Lipinski definition) is 3. The van der Waals surface area contributed by atoms with Gasteiger partial charge in [0.15, 0.2) is 5.58 Å². The van der Waals surface area contributed by atoms with Gasteiger partial charge >= 0.3 is 0 Å². The number of nitrogens with zero attached hydrogens (tertiary/aromatic N) is 1. The van der Waals surface area contributed by atoms with E-state index < -0.39 is 0 Å². The number of rotatable bonds is 4. The van der Waals surface area contributed by atoms with E-state index in [2.05, 4.69) is 138 Å². The Hall–Kier alpha value is -5.80. The zero-order valence-electron chi connectivity index (χ0n) is 23.2. The molecule has 0 fully saturated rings. The molecule has 3 nitrogen and oxygen atoms in total. The SMILES string of the molecule is c1ccc(-c2cc3ccccc3c3c2oc2c(N(c4ccccc4)c4ccc5c(c4)oc4ccccc45)cccc23)cc1. The second-order valence-corrected chi connectivity index (χ2v) is 10.9. The van der Waals surface area contributed by atoms with Crippen LogP contribution in [-0.4, -0.2) is 0 Å². The Morgan fingerprint density at radius 3 is 1.98 bits per heavy atom. The second kappa shape index (κ2) is 9.37. The molecule has 0 radical (unpaired) electrons. The van der Waals surface area contributed by atoms with Crippen molar-refractivity contribution in [1.29, 1.82) is 0 Å². The lowest BCUT2D eigenvalue weighted by molar-refractivity contribution is 0.668. The number of furan rings is 2. The molecule has 0 saturated heterocycles. The molecule has 0 amide bonds. The fraction of sp³-hybridized carbons (Fsp3) is 0. The van der Waals surface area contributed by atoms with Gasteiger partial charge in [0.1, 0.15) is 16.7 Å². The van der Waals surface area contributed by atoms with Crippen LogP contribution in [0.1, 0.15) is 0 Å². The van der Waals surface area contributed by atoms with Gasteiger partial charge in [-0.05, 0) is 58.8 Å². The zero-order valence-corrected chi connectivity index (χ0v) is 23.2. The topological polar surface area (TPSA) is 29.5 Å². The smallest absolute Gasteiger partial charge is 0.159 e. The van der Waals surface area contributed by atoms with Gasteiger partial charge in [-0.1, -0.05) is 103 Å². The Balaban J connectivity index is 1.35. The average molecular weight is 552 g/mol. The highest BCUT2D eigenvalue weighted by Gasteiger charge is 2.22. The minimum atomic E-state index is 0.847. The molecule has 0 unspecified atom stereocenters. The monoisotopic (exact) mass is 551 g/mol. The van der Waals surface area contributed by atoms with Crippen LogP contribution in [-0.2, 0) is 0 Å². The van der Waals surface area contributed by atoms with E-state index >= 15 is 0 Å². The van der Waals surface area contributed by atoms with Crippen molar-refractivity contribution in [2.45, 2.75) is 0 Å². The summed E-state index contributed by atoms with van der Waals surface area (Å²) < 4.78 is 13.3. The van der Waals surface area contributed by atoms with Crippen molar-refractivity contribution in [3.05, 3.63) is 152 Å². The molecule has 3 heteroatoms. The molecule has 2 heterocycles. The summed E-state index contributed by atoms with van der Waals surface area (Å²) in [6.07, 6.45) is 0. The first-order valence-corrected chi connectivity index (χ1v) is 14.5. The summed E-state index contributed by atoms with van der Waals surface area (Å²) in [6.45, 7) is 0. The molecule has 7 aromatic carbocycles. The van der Waals surface area contributed by atoms with Crippen molar-refractivity contribution in [2.24, 2.45) is 0 Å². The van der Waals surface area contributed by atoms with Crippen LogP contribution in [0, 0.1) is 0 Å². The molecule has 2 aromatic heterocycles. The Bertz CT molecular complexity index is 2450. The van der Waals surface area contributed by atoms with Gasteiger partial charge in [0.25, 0.3) is 0 Å². The molecule has 0 aliphatic rings. The maximum Gasteiger partial charge on any atom is 0.159 e. The fourth-order valence-electron chi connectivity index (χ4n) is 6.50. The molecule has 9 rings (SSSR count). The minimum absolute atomic E-state index is 0.847. The van der Waals surface area contributed by atoms with E-state index in [0.29, 0.717) is 0 Å². The van der Waals surface area contributed by atoms with Gasteiger partial charge in [-0.2, -0.15) is 0 Å². The molecule has 0 saturated carbocycles. The number of fused-ring (bicyclic) bond motifs is 8. The van der Waals surface area contributed by atoms with Crippen molar-refractivity contribution >= 4 is 71.7 Å². The summed E-state index contributed by atoms with van der Waals surface area (Å²) in [5.74, 6) is 0. The van der Waals surface area contributed by atoms with Gasteiger partial charge in [0.2, 0.25) is 0 Å². The minimum Gasteiger partial charge on any atom is -0.456 e. The van der Waals surface area contributed by atoms with Gasteiger partial charge in [0.05, 0.1) is 11.4 Å². The van der Waals surface area contributed by atoms with E-state index in [0.717, 1.165) is 72.1 Å². The number of para-hydroxylation sites is 3. The molecular weight excluding hydrogens is 526 g/mol. The second-order valence-electron chi connectivity index (χ2n) is 10.9. The predicted octanol–water partition coefficient (Wildman–Crippen LogP) is 11.8. The fourth-order valence-corrected chi connectivity index (χ4v) is 6.50. The van der Waals surface area contributed by atoms with Crippen LogP contribution < -0.4 is 4.90 Å². The Kier molecular flexibility index (Phi) is 5.20. The first kappa shape index (κ1) is 23.9. The predicted molar refractivity (Wildman–Crippen MR) is 179 cm³/mol. The third-order valence-electron chi connectivity index (χ3n) is 8.43. The summed E-state index contributed by atoms with van der Waals surface area (Å²) in [7, 11) is 0. The van der Waals surface area contributed by atoms with E-state index in [1.807, 2.05) is 18.2 Å². The molecule has 0 atom stereocenters. The summed E-state index contributed by atoms with van der Waals surface area (Å²) in [4.78, 5) is 2.27. The summed E-state index contributed by atoms with van der Waals surface area (Å²) in [5.41, 5.74) is 8.72. The molecule has 43 heavy (non-hydrogen) atoms. The van der Waals surface area contributed by atoms with Crippen LogP contribution in [0.3, 0.4) is 0 Å². The third kappa shape index (κ3) is 3.68. The van der Waals surface area contributed by atoms with Gasteiger partial charge in [-0.3, -0.25) is 0 Å². The highest BCUT2D eigenvalue weighted by atomic mass is 16.3. The summed E-state index contributed by atoms with van der Waals surface area (Å²) >= 11 is 0. The molecule has 0 spiro atoms. The molecule has 0 aliphatic carbocycles. The lowest BCUT2D eigenvalue weighted by Crippen LogP contribution is -2.09. The third-order valence-corrected chi connectivity index (χ3v) is 8.43. The number of hydrogen-bond donors (Lipinski definition) is 0. The standard InChI is InChI=1S/C40H25NO2/c1-3-12-26(13-4-1)34-24-27-14-7-8-17-30(27)38-33-19-11-20-35(39(33)43-40(34)38)41(28-15-5-2-6-16-28)29-22-23-32-31-18-9-10-21-36(31)42-37(32)25-29/h1-25H. The lowest BCUT2D eigenvalue weighted by atomic mass is 9.96. The molecule has 0 aliphatic heterocycles. The Labute approximate surface area is 247 Å². The first-order chi connectivity index (χ1) is 21.3. The Morgan fingerprint density at radius 2 is 1.12 bits per heavy atom. The lowest BCUT2D eigenvalue weighted by Gasteiger charge is -2.25. The first-order valence-electron chi connectivity index (χ1n) is 14.5. The molecule has 202 valence electrons. The maximum atomic E-state index is 6.97. The van der Waals surface area contributed by atoms with E-state index in [1.54, 1.807) is 0 Å². The number of anilines is 3. The molecular formula is C40H25NO2. The van der Waals surface area contributed by atoms with E-state index in [-0.39, 0.29) is 0 Å². The van der Waals surface area contributed by atoms with Crippen LogP contribution >= 0.6 is 0 Å². The van der Waals surface area contributed by atoms with Gasteiger partial charge < -0.3 is 13.7 Å². The average Bonchev–Trinajstić information content (AvgIpc) is 3.65. The van der Waals surface area contributed by atoms with E-state index in [4.69, 9.17) is 8.83 Å². The van der Waals surface area contributed by atoms with Crippen LogP contribution in [0.2, 0.25) is 0 Å². The zero-order chi connectivity index (χ0) is 28.3. The Morgan fingerprint density at radius 1 is 0.419 bits per heavy atom. The highest BCUT2D eigenvalue weighted by molar-refractivity contribution is 6.24. The largest absolute Gasteiger partial charge is 0.456 e. The number of benzene rings is 7. The van der Waals surface area contributed by atoms with Crippen molar-refractivity contribution in [3.63, 3.8) is 0 Å². The summed E-state index contributed by atoms with van der Waals surface area (Å²) in [6, 6.07) is 52.9. The van der Waals surface area contributed by atoms with Gasteiger partial charge in [0, 0.05) is 38.9 Å². The quantitative estimate of drug-likeness (QED) is 0.218. The van der Waals surface area contributed by atoms with Crippen LogP contribution in [0.5, 0.6) is 0 Å². The highest BCUT2D eigenvalue weighted by Crippen LogP contribution is 2.46. The summed E-state index contributed by atoms with van der Waals surface area (Å²) in [5, 5.41) is 6.82. The van der Waals surface area contributed by atoms with Crippen molar-refractivity contribution in [1.82, 2.24) is 0 Å². The maximum absolute atomic E-state index is 6.97. The normalized spacial score (nSPS) is 11.7. The van der Waals surface area contributed by atoms with Crippen molar-refractivity contribution < 1.29 is 8.83 Å². The van der Waals surface area contributed by atoms with Crippen LogP contribution in [0.4, 0.5) is 17.1 Å². The van der Waals surface area contributed by atoms with Gasteiger partial charge in [-0.25, -0.2) is 0 Å². The van der Waals surface area contributed by atoms with E-state index in [9.17, 15) is 0 Å². The van der Waals surface area contributed by atoms with Crippen molar-refractivity contribution in [2.75, 3.05) is 4.90 Å². The van der Waals surface area contributed by atoms with Gasteiger partial charge in [-0.15, -0.1) is 0 Å². The van der Waals surface area contributed by atoms with Crippen LogP contribution in [0.25, 0.3) is 65.8 Å². The molecule has 0 N–H and O–H groups in total.